The number of nitrogens with zero attached hydrogens (tertiary/aromatic N) is 2. The molecule has 152 valence electrons. The molecule has 0 spiro atoms. The van der Waals surface area contributed by atoms with Crippen molar-refractivity contribution < 1.29 is 19.2 Å². The molecule has 1 N–H and O–H groups in total. The smallest absolute Gasteiger partial charge is 0.338 e. The Morgan fingerprint density at radius 2 is 1.93 bits per heavy atom. The Labute approximate surface area is 168 Å². The minimum absolute atomic E-state index is 0.0320. The lowest BCUT2D eigenvalue weighted by Crippen LogP contribution is -2.33. The van der Waals surface area contributed by atoms with Crippen molar-refractivity contribution in [1.82, 2.24) is 4.90 Å². The lowest BCUT2D eigenvalue weighted by molar-refractivity contribution is -0.384. The molecule has 8 nitrogen and oxygen atoms in total. The average molecular weight is 397 g/mol. The summed E-state index contributed by atoms with van der Waals surface area (Å²) in [6.07, 6.45) is 1.94. The van der Waals surface area contributed by atoms with E-state index in [1.54, 1.807) is 7.05 Å². The third kappa shape index (κ3) is 5.10. The van der Waals surface area contributed by atoms with Gasteiger partial charge in [0, 0.05) is 19.2 Å². The minimum Gasteiger partial charge on any atom is -0.452 e. The van der Waals surface area contributed by atoms with Crippen molar-refractivity contribution in [3.05, 3.63) is 69.8 Å². The van der Waals surface area contributed by atoms with Crippen LogP contribution in [-0.2, 0) is 9.53 Å². The normalized spacial score (nSPS) is 14.0. The lowest BCUT2D eigenvalue weighted by Gasteiger charge is -2.25. The Bertz CT molecular complexity index is 912. The molecule has 2 aromatic carbocycles. The first-order chi connectivity index (χ1) is 13.9. The predicted octanol–water partition coefficient (Wildman–Crippen LogP) is 3.55. The highest BCUT2D eigenvalue weighted by molar-refractivity contribution is 5.93. The lowest BCUT2D eigenvalue weighted by atomic mass is 10.1. The van der Waals surface area contributed by atoms with Crippen LogP contribution in [0, 0.1) is 10.1 Å². The minimum atomic E-state index is -0.778. The van der Waals surface area contributed by atoms with Gasteiger partial charge in [-0.25, -0.2) is 4.79 Å². The van der Waals surface area contributed by atoms with Crippen molar-refractivity contribution in [3.63, 3.8) is 0 Å². The molecular formula is C21H23N3O5. The molecule has 0 heterocycles. The first-order valence-electron chi connectivity index (χ1n) is 9.39. The summed E-state index contributed by atoms with van der Waals surface area (Å²) in [5.74, 6) is -1.14. The monoisotopic (exact) mass is 397 g/mol. The molecule has 1 atom stereocenters. The maximum atomic E-state index is 12.4. The molecule has 1 saturated carbocycles. The predicted molar refractivity (Wildman–Crippen MR) is 108 cm³/mol. The Hall–Kier alpha value is -3.42. The summed E-state index contributed by atoms with van der Waals surface area (Å²) in [5, 5.41) is 14.4. The van der Waals surface area contributed by atoms with Crippen LogP contribution in [0.3, 0.4) is 0 Å². The molecule has 29 heavy (non-hydrogen) atoms. The number of likely N-dealkylation sites (N-methyl/N-ethyl adjacent to an activating group) is 1. The van der Waals surface area contributed by atoms with Crippen LogP contribution in [0.15, 0.2) is 48.5 Å². The molecule has 0 aliphatic heterocycles. The van der Waals surface area contributed by atoms with E-state index in [4.69, 9.17) is 4.74 Å². The zero-order chi connectivity index (χ0) is 21.0. The van der Waals surface area contributed by atoms with Crippen LogP contribution in [0.5, 0.6) is 0 Å². The molecule has 0 unspecified atom stereocenters. The second-order valence-corrected chi connectivity index (χ2v) is 7.08. The molecule has 1 aliphatic rings. The number of hydrogen-bond acceptors (Lipinski definition) is 6. The molecule has 1 aliphatic carbocycles. The van der Waals surface area contributed by atoms with E-state index in [1.807, 2.05) is 37.3 Å². The van der Waals surface area contributed by atoms with Gasteiger partial charge in [-0.05, 0) is 37.5 Å². The van der Waals surface area contributed by atoms with Crippen molar-refractivity contribution in [3.8, 4) is 0 Å². The Kier molecular flexibility index (Phi) is 6.11. The maximum Gasteiger partial charge on any atom is 0.338 e. The number of nitro groups is 1. The summed E-state index contributed by atoms with van der Waals surface area (Å²) in [7, 11) is 1.64. The van der Waals surface area contributed by atoms with Gasteiger partial charge in [-0.2, -0.15) is 0 Å². The number of carbonyl (C=O) groups excluding carboxylic acids is 2. The highest BCUT2D eigenvalue weighted by Crippen LogP contribution is 2.31. The van der Waals surface area contributed by atoms with Crippen LogP contribution >= 0.6 is 0 Å². The number of esters is 1. The number of ether oxygens (including phenoxy) is 1. The van der Waals surface area contributed by atoms with Gasteiger partial charge in [0.1, 0.15) is 5.69 Å². The van der Waals surface area contributed by atoms with Gasteiger partial charge < -0.3 is 15.0 Å². The fourth-order valence-electron chi connectivity index (χ4n) is 2.86. The number of anilines is 1. The van der Waals surface area contributed by atoms with Gasteiger partial charge in [-0.15, -0.1) is 0 Å². The molecule has 3 rings (SSSR count). The molecule has 0 radical (unpaired) electrons. The zero-order valence-corrected chi connectivity index (χ0v) is 16.3. The van der Waals surface area contributed by atoms with E-state index in [0.717, 1.165) is 18.4 Å². The van der Waals surface area contributed by atoms with E-state index in [2.05, 4.69) is 5.32 Å². The maximum absolute atomic E-state index is 12.4. The summed E-state index contributed by atoms with van der Waals surface area (Å²) in [4.78, 5) is 36.9. The second kappa shape index (κ2) is 8.72. The molecule has 2 aromatic rings. The summed E-state index contributed by atoms with van der Waals surface area (Å²) in [6.45, 7) is 1.44. The van der Waals surface area contributed by atoms with Gasteiger partial charge in [-0.1, -0.05) is 30.3 Å². The van der Waals surface area contributed by atoms with Gasteiger partial charge >= 0.3 is 5.97 Å². The third-order valence-corrected chi connectivity index (χ3v) is 4.95. The van der Waals surface area contributed by atoms with Crippen LogP contribution < -0.4 is 5.32 Å². The van der Waals surface area contributed by atoms with Crippen molar-refractivity contribution in [2.24, 2.45) is 0 Å². The van der Waals surface area contributed by atoms with Gasteiger partial charge in [0.15, 0.2) is 6.61 Å². The topological polar surface area (TPSA) is 102 Å². The number of nitrogens with one attached hydrogen (secondary N) is 1. The third-order valence-electron chi connectivity index (χ3n) is 4.95. The van der Waals surface area contributed by atoms with E-state index in [0.29, 0.717) is 5.69 Å². The highest BCUT2D eigenvalue weighted by Gasteiger charge is 2.26. The number of benzene rings is 2. The van der Waals surface area contributed by atoms with Gasteiger partial charge in [0.25, 0.3) is 11.6 Å². The first-order valence-corrected chi connectivity index (χ1v) is 9.39. The SMILES string of the molecule is C[C@@H](c1ccccc1)N(C)C(=O)COC(=O)c1ccc(NC2CC2)c([N+](=O)[O-])c1. The van der Waals surface area contributed by atoms with Crippen LogP contribution in [0.4, 0.5) is 11.4 Å². The molecule has 0 bridgehead atoms. The van der Waals surface area contributed by atoms with Crippen molar-refractivity contribution in [1.29, 1.82) is 0 Å². The van der Waals surface area contributed by atoms with Crippen molar-refractivity contribution in [2.75, 3.05) is 19.0 Å². The Morgan fingerprint density at radius 1 is 1.24 bits per heavy atom. The molecule has 1 fully saturated rings. The number of hydrogen-bond donors (Lipinski definition) is 1. The highest BCUT2D eigenvalue weighted by atomic mass is 16.6. The number of carbonyl (C=O) groups is 2. The van der Waals surface area contributed by atoms with Crippen molar-refractivity contribution >= 4 is 23.3 Å². The largest absolute Gasteiger partial charge is 0.452 e. The van der Waals surface area contributed by atoms with Crippen LogP contribution in [0.2, 0.25) is 0 Å². The van der Waals surface area contributed by atoms with Crippen molar-refractivity contribution in [2.45, 2.75) is 31.8 Å². The van der Waals surface area contributed by atoms with E-state index < -0.39 is 17.5 Å². The summed E-state index contributed by atoms with van der Waals surface area (Å²) < 4.78 is 5.09. The molecule has 8 heteroatoms. The fourth-order valence-corrected chi connectivity index (χ4v) is 2.86. The summed E-state index contributed by atoms with van der Waals surface area (Å²) in [6, 6.07) is 13.7. The standard InChI is InChI=1S/C21H23N3O5/c1-14(15-6-4-3-5-7-15)23(2)20(25)13-29-21(26)16-8-11-18(22-17-9-10-17)19(12-16)24(27)28/h3-8,11-12,14,17,22H,9-10,13H2,1-2H3/t14-/m0/s1. The quantitative estimate of drug-likeness (QED) is 0.415. The van der Waals surface area contributed by atoms with Gasteiger partial charge in [0.2, 0.25) is 0 Å². The van der Waals surface area contributed by atoms with Crippen LogP contribution in [0.25, 0.3) is 0 Å². The Balaban J connectivity index is 1.61. The fraction of sp³-hybridized carbons (Fsp3) is 0.333. The van der Waals surface area contributed by atoms with E-state index in [1.165, 1.54) is 23.1 Å². The molecule has 0 aromatic heterocycles. The number of amides is 1. The molecule has 0 saturated heterocycles. The van der Waals surface area contributed by atoms with E-state index in [9.17, 15) is 19.7 Å². The second-order valence-electron chi connectivity index (χ2n) is 7.08. The molecule has 1 amide bonds. The van der Waals surface area contributed by atoms with Gasteiger partial charge in [0.05, 0.1) is 16.5 Å². The number of nitro benzene ring substituents is 1. The first kappa shape index (κ1) is 20.3. The van der Waals surface area contributed by atoms with Crippen LogP contribution in [-0.4, -0.2) is 41.4 Å². The zero-order valence-electron chi connectivity index (χ0n) is 16.3. The Morgan fingerprint density at radius 3 is 2.55 bits per heavy atom. The molecular weight excluding hydrogens is 374 g/mol. The average Bonchev–Trinajstić information content (AvgIpc) is 3.55. The summed E-state index contributed by atoms with van der Waals surface area (Å²) in [5.41, 5.74) is 1.18. The van der Waals surface area contributed by atoms with Crippen LogP contribution in [0.1, 0.15) is 41.7 Å². The van der Waals surface area contributed by atoms with E-state index in [-0.39, 0.29) is 29.2 Å². The van der Waals surface area contributed by atoms with E-state index >= 15 is 0 Å². The number of rotatable bonds is 8. The summed E-state index contributed by atoms with van der Waals surface area (Å²) >= 11 is 0. The van der Waals surface area contributed by atoms with Gasteiger partial charge in [-0.3, -0.25) is 14.9 Å².